The van der Waals surface area contributed by atoms with Crippen LogP contribution in [0.5, 0.6) is 0 Å². The van der Waals surface area contributed by atoms with Crippen LogP contribution in [-0.4, -0.2) is 12.5 Å². The molecule has 1 fully saturated rings. The lowest BCUT2D eigenvalue weighted by Crippen LogP contribution is -2.19. The summed E-state index contributed by atoms with van der Waals surface area (Å²) in [7, 11) is 0. The molecule has 0 amide bonds. The van der Waals surface area contributed by atoms with Gasteiger partial charge in [0, 0.05) is 12.5 Å². The first-order chi connectivity index (χ1) is 7.50. The summed E-state index contributed by atoms with van der Waals surface area (Å²) in [6.45, 7) is -0.407. The molecule has 16 heavy (non-hydrogen) atoms. The molecule has 1 aromatic rings. The smallest absolute Gasteiger partial charge is 0.262 e. The first kappa shape index (κ1) is 11.0. The van der Waals surface area contributed by atoms with Crippen LogP contribution < -0.4 is 5.32 Å². The zero-order valence-corrected chi connectivity index (χ0v) is 8.30. The molecule has 0 bridgehead atoms. The van der Waals surface area contributed by atoms with E-state index < -0.39 is 24.3 Å². The molecule has 1 atom stereocenters. The molecule has 84 valence electrons. The largest absolute Gasteiger partial charge is 0.304 e. The molecule has 1 N–H and O–H groups in total. The maximum atomic E-state index is 13.1. The van der Waals surface area contributed by atoms with Crippen molar-refractivity contribution in [2.75, 3.05) is 6.54 Å². The van der Waals surface area contributed by atoms with Gasteiger partial charge in [0.05, 0.1) is 18.2 Å². The van der Waals surface area contributed by atoms with Crippen molar-refractivity contribution >= 4 is 0 Å². The Bertz CT molecular complexity index is 451. The number of nitriles is 1. The molecule has 0 radical (unpaired) electrons. The summed E-state index contributed by atoms with van der Waals surface area (Å²) in [5.41, 5.74) is 0.542. The Hall–Kier alpha value is -1.54. The highest BCUT2D eigenvalue weighted by Crippen LogP contribution is 2.34. The fourth-order valence-corrected chi connectivity index (χ4v) is 1.83. The number of hydrogen-bond donors (Lipinski definition) is 1. The average molecular weight is 226 g/mol. The maximum absolute atomic E-state index is 13.1. The van der Waals surface area contributed by atoms with E-state index in [2.05, 4.69) is 5.32 Å². The second kappa shape index (κ2) is 3.80. The first-order valence-corrected chi connectivity index (χ1v) is 4.82. The zero-order valence-electron chi connectivity index (χ0n) is 8.30. The molecule has 0 saturated carbocycles. The molecule has 1 aliphatic rings. The van der Waals surface area contributed by atoms with E-state index in [9.17, 15) is 13.2 Å². The van der Waals surface area contributed by atoms with Gasteiger partial charge in [-0.25, -0.2) is 13.2 Å². The highest BCUT2D eigenvalue weighted by molar-refractivity contribution is 5.35. The molecule has 1 aliphatic heterocycles. The van der Waals surface area contributed by atoms with Crippen molar-refractivity contribution in [3.63, 3.8) is 0 Å². The molecule has 2 rings (SSSR count). The average Bonchev–Trinajstić information content (AvgIpc) is 2.58. The van der Waals surface area contributed by atoms with E-state index in [-0.39, 0.29) is 12.0 Å². The summed E-state index contributed by atoms with van der Waals surface area (Å²) >= 11 is 0. The summed E-state index contributed by atoms with van der Waals surface area (Å²) < 4.78 is 39.0. The minimum Gasteiger partial charge on any atom is -0.304 e. The van der Waals surface area contributed by atoms with Gasteiger partial charge in [-0.3, -0.25) is 0 Å². The van der Waals surface area contributed by atoms with E-state index >= 15 is 0 Å². The van der Waals surface area contributed by atoms with Crippen LogP contribution in [0.15, 0.2) is 18.2 Å². The van der Waals surface area contributed by atoms with Crippen LogP contribution in [0.3, 0.4) is 0 Å². The topological polar surface area (TPSA) is 35.8 Å². The lowest BCUT2D eigenvalue weighted by atomic mass is 10.0. The Kier molecular flexibility index (Phi) is 2.60. The number of alkyl halides is 2. The normalized spacial score (nSPS) is 23.0. The first-order valence-electron chi connectivity index (χ1n) is 4.82. The SMILES string of the molecule is N#Cc1cc(F)cc([C@H]2CC(F)(F)CN2)c1. The van der Waals surface area contributed by atoms with Crippen molar-refractivity contribution in [3.05, 3.63) is 35.1 Å². The van der Waals surface area contributed by atoms with Crippen LogP contribution in [0.25, 0.3) is 0 Å². The predicted molar refractivity (Wildman–Crippen MR) is 51.4 cm³/mol. The van der Waals surface area contributed by atoms with E-state index in [0.717, 1.165) is 6.07 Å². The van der Waals surface area contributed by atoms with Crippen LogP contribution >= 0.6 is 0 Å². The minimum atomic E-state index is -2.76. The second-order valence-corrected chi connectivity index (χ2v) is 3.88. The van der Waals surface area contributed by atoms with Crippen molar-refractivity contribution in [2.45, 2.75) is 18.4 Å². The zero-order chi connectivity index (χ0) is 11.8. The Labute approximate surface area is 90.7 Å². The van der Waals surface area contributed by atoms with Gasteiger partial charge in [-0.2, -0.15) is 5.26 Å². The Balaban J connectivity index is 2.29. The number of nitrogens with zero attached hydrogens (tertiary/aromatic N) is 1. The number of halogens is 3. The van der Waals surface area contributed by atoms with E-state index in [1.54, 1.807) is 6.07 Å². The van der Waals surface area contributed by atoms with E-state index in [0.29, 0.717) is 5.56 Å². The maximum Gasteiger partial charge on any atom is 0.262 e. The van der Waals surface area contributed by atoms with Gasteiger partial charge < -0.3 is 5.32 Å². The van der Waals surface area contributed by atoms with Crippen molar-refractivity contribution in [3.8, 4) is 6.07 Å². The monoisotopic (exact) mass is 226 g/mol. The third-order valence-corrected chi connectivity index (χ3v) is 2.56. The molecule has 1 saturated heterocycles. The lowest BCUT2D eigenvalue weighted by Gasteiger charge is -2.11. The van der Waals surface area contributed by atoms with E-state index in [4.69, 9.17) is 5.26 Å². The molecule has 0 aliphatic carbocycles. The van der Waals surface area contributed by atoms with Gasteiger partial charge in [-0.1, -0.05) is 0 Å². The molecular weight excluding hydrogens is 217 g/mol. The second-order valence-electron chi connectivity index (χ2n) is 3.88. The van der Waals surface area contributed by atoms with Crippen LogP contribution in [0.4, 0.5) is 13.2 Å². The van der Waals surface area contributed by atoms with E-state index in [1.807, 2.05) is 0 Å². The van der Waals surface area contributed by atoms with Crippen molar-refractivity contribution in [1.29, 1.82) is 5.26 Å². The number of nitrogens with one attached hydrogen (secondary N) is 1. The van der Waals surface area contributed by atoms with Gasteiger partial charge in [0.25, 0.3) is 5.92 Å². The minimum absolute atomic E-state index is 0.145. The lowest BCUT2D eigenvalue weighted by molar-refractivity contribution is 0.0210. The summed E-state index contributed by atoms with van der Waals surface area (Å²) in [5, 5.41) is 11.3. The van der Waals surface area contributed by atoms with Crippen LogP contribution in [0.1, 0.15) is 23.6 Å². The van der Waals surface area contributed by atoms with Gasteiger partial charge in [0.2, 0.25) is 0 Å². The molecule has 0 spiro atoms. The third-order valence-electron chi connectivity index (χ3n) is 2.56. The Morgan fingerprint density at radius 2 is 2.12 bits per heavy atom. The molecule has 0 aromatic heterocycles. The number of rotatable bonds is 1. The number of hydrogen-bond acceptors (Lipinski definition) is 2. The fourth-order valence-electron chi connectivity index (χ4n) is 1.83. The summed E-state index contributed by atoms with van der Waals surface area (Å²) in [5.74, 6) is -3.34. The highest BCUT2D eigenvalue weighted by Gasteiger charge is 2.39. The summed E-state index contributed by atoms with van der Waals surface area (Å²) in [6, 6.07) is 4.90. The molecule has 5 heteroatoms. The van der Waals surface area contributed by atoms with Crippen molar-refractivity contribution in [1.82, 2.24) is 5.32 Å². The Morgan fingerprint density at radius 1 is 1.38 bits per heavy atom. The van der Waals surface area contributed by atoms with Crippen LogP contribution in [-0.2, 0) is 0 Å². The van der Waals surface area contributed by atoms with Gasteiger partial charge >= 0.3 is 0 Å². The van der Waals surface area contributed by atoms with Gasteiger partial charge in [-0.15, -0.1) is 0 Å². The summed E-state index contributed by atoms with van der Waals surface area (Å²) in [4.78, 5) is 0. The molecule has 1 aromatic carbocycles. The quantitative estimate of drug-likeness (QED) is 0.797. The highest BCUT2D eigenvalue weighted by atomic mass is 19.3. The van der Waals surface area contributed by atoms with Crippen LogP contribution in [0.2, 0.25) is 0 Å². The van der Waals surface area contributed by atoms with Gasteiger partial charge in [0.15, 0.2) is 0 Å². The standard InChI is InChI=1S/C11H9F3N2/c12-9-2-7(5-15)1-8(3-9)10-4-11(13,14)6-16-10/h1-3,10,16H,4,6H2/t10-/m1/s1. The van der Waals surface area contributed by atoms with Crippen molar-refractivity contribution in [2.24, 2.45) is 0 Å². The third kappa shape index (κ3) is 2.17. The molecule has 2 nitrogen and oxygen atoms in total. The van der Waals surface area contributed by atoms with Crippen LogP contribution in [0, 0.1) is 17.1 Å². The summed E-state index contributed by atoms with van der Waals surface area (Å²) in [6.07, 6.45) is -0.360. The fraction of sp³-hybridized carbons (Fsp3) is 0.364. The Morgan fingerprint density at radius 3 is 2.69 bits per heavy atom. The number of benzene rings is 1. The van der Waals surface area contributed by atoms with Gasteiger partial charge in [-0.05, 0) is 23.8 Å². The predicted octanol–water partition coefficient (Wildman–Crippen LogP) is 2.37. The molecular formula is C11H9F3N2. The molecule has 0 unspecified atom stereocenters. The van der Waals surface area contributed by atoms with Crippen molar-refractivity contribution < 1.29 is 13.2 Å². The molecule has 1 heterocycles. The van der Waals surface area contributed by atoms with E-state index in [1.165, 1.54) is 12.1 Å². The van der Waals surface area contributed by atoms with Gasteiger partial charge in [0.1, 0.15) is 5.82 Å².